The summed E-state index contributed by atoms with van der Waals surface area (Å²) in [6.45, 7) is 2.07. The van der Waals surface area contributed by atoms with E-state index in [4.69, 9.17) is 15.6 Å². The predicted octanol–water partition coefficient (Wildman–Crippen LogP) is 2.91. The molecular weight excluding hydrogens is 286 g/mol. The number of nitrogens with zero attached hydrogens (tertiary/aromatic N) is 2. The highest BCUT2D eigenvalue weighted by Crippen LogP contribution is 2.34. The lowest BCUT2D eigenvalue weighted by Gasteiger charge is -2.10. The van der Waals surface area contributed by atoms with Crippen LogP contribution < -0.4 is 10.5 Å². The zero-order valence-corrected chi connectivity index (χ0v) is 12.4. The standard InChI is InChI=1S/C15H15N3O2S/c1-9-8-11-13(17-15(16)18-14(11)21-9)20-12-5-3-2-4-10(12)6-7-19/h2-5,8,19H,6-7H2,1H3,(H2,16,17,18). The number of hydrogen-bond acceptors (Lipinski definition) is 6. The number of aromatic nitrogens is 2. The van der Waals surface area contributed by atoms with Gasteiger partial charge in [-0.2, -0.15) is 4.98 Å². The summed E-state index contributed by atoms with van der Waals surface area (Å²) >= 11 is 1.55. The minimum atomic E-state index is 0.0687. The molecule has 0 unspecified atom stereocenters. The van der Waals surface area contributed by atoms with E-state index in [1.807, 2.05) is 37.3 Å². The summed E-state index contributed by atoms with van der Waals surface area (Å²) in [4.78, 5) is 10.4. The minimum absolute atomic E-state index is 0.0687. The summed E-state index contributed by atoms with van der Waals surface area (Å²) < 4.78 is 5.93. The van der Waals surface area contributed by atoms with E-state index < -0.39 is 0 Å². The number of fused-ring (bicyclic) bond motifs is 1. The van der Waals surface area contributed by atoms with E-state index in [0.717, 1.165) is 20.7 Å². The maximum Gasteiger partial charge on any atom is 0.232 e. The molecule has 2 aromatic heterocycles. The van der Waals surface area contributed by atoms with Crippen molar-refractivity contribution >= 4 is 27.5 Å². The summed E-state index contributed by atoms with van der Waals surface area (Å²) in [6.07, 6.45) is 0.530. The Bertz CT molecular complexity index is 786. The molecule has 0 atom stereocenters. The van der Waals surface area contributed by atoms with Gasteiger partial charge in [0.25, 0.3) is 0 Å². The third-order valence-electron chi connectivity index (χ3n) is 3.06. The number of thiophene rings is 1. The fraction of sp³-hybridized carbons (Fsp3) is 0.200. The number of para-hydroxylation sites is 1. The summed E-state index contributed by atoms with van der Waals surface area (Å²) in [6, 6.07) is 9.57. The van der Waals surface area contributed by atoms with Gasteiger partial charge in [-0.25, -0.2) is 4.98 Å². The quantitative estimate of drug-likeness (QED) is 0.774. The molecule has 0 amide bonds. The van der Waals surface area contributed by atoms with E-state index in [-0.39, 0.29) is 12.6 Å². The minimum Gasteiger partial charge on any atom is -0.438 e. The molecule has 2 heterocycles. The van der Waals surface area contributed by atoms with Crippen molar-refractivity contribution in [2.45, 2.75) is 13.3 Å². The molecule has 0 spiro atoms. The van der Waals surface area contributed by atoms with Crippen molar-refractivity contribution in [2.24, 2.45) is 0 Å². The van der Waals surface area contributed by atoms with Crippen LogP contribution in [0.5, 0.6) is 11.6 Å². The third-order valence-corrected chi connectivity index (χ3v) is 4.00. The molecule has 0 saturated carbocycles. The highest BCUT2D eigenvalue weighted by Gasteiger charge is 2.13. The van der Waals surface area contributed by atoms with Crippen LogP contribution in [0.4, 0.5) is 5.95 Å². The van der Waals surface area contributed by atoms with Gasteiger partial charge in [0, 0.05) is 11.5 Å². The Balaban J connectivity index is 2.05. The van der Waals surface area contributed by atoms with Gasteiger partial charge in [0.1, 0.15) is 10.6 Å². The molecule has 108 valence electrons. The smallest absolute Gasteiger partial charge is 0.232 e. The van der Waals surface area contributed by atoms with Gasteiger partial charge in [0.2, 0.25) is 11.8 Å². The molecule has 0 aliphatic heterocycles. The maximum absolute atomic E-state index is 9.13. The van der Waals surface area contributed by atoms with Crippen LogP contribution in [0.2, 0.25) is 0 Å². The number of rotatable bonds is 4. The van der Waals surface area contributed by atoms with Crippen molar-refractivity contribution < 1.29 is 9.84 Å². The molecular formula is C15H15N3O2S. The van der Waals surface area contributed by atoms with E-state index in [0.29, 0.717) is 18.1 Å². The van der Waals surface area contributed by atoms with E-state index in [2.05, 4.69) is 9.97 Å². The van der Waals surface area contributed by atoms with Gasteiger partial charge >= 0.3 is 0 Å². The number of aryl methyl sites for hydroxylation is 1. The van der Waals surface area contributed by atoms with Crippen LogP contribution in [0.1, 0.15) is 10.4 Å². The van der Waals surface area contributed by atoms with E-state index >= 15 is 0 Å². The van der Waals surface area contributed by atoms with Crippen molar-refractivity contribution in [3.05, 3.63) is 40.8 Å². The average Bonchev–Trinajstić information content (AvgIpc) is 2.81. The van der Waals surface area contributed by atoms with Crippen molar-refractivity contribution in [1.82, 2.24) is 9.97 Å². The Hall–Kier alpha value is -2.18. The highest BCUT2D eigenvalue weighted by molar-refractivity contribution is 7.18. The zero-order valence-electron chi connectivity index (χ0n) is 11.5. The Morgan fingerprint density at radius 3 is 2.90 bits per heavy atom. The lowest BCUT2D eigenvalue weighted by atomic mass is 10.1. The zero-order chi connectivity index (χ0) is 14.8. The number of benzene rings is 1. The van der Waals surface area contributed by atoms with Crippen LogP contribution in [0.25, 0.3) is 10.2 Å². The second-order valence-electron chi connectivity index (χ2n) is 4.65. The molecule has 0 aliphatic rings. The maximum atomic E-state index is 9.13. The first-order valence-electron chi connectivity index (χ1n) is 6.57. The number of aliphatic hydroxyl groups is 1. The Labute approximate surface area is 126 Å². The fourth-order valence-electron chi connectivity index (χ4n) is 2.14. The van der Waals surface area contributed by atoms with Crippen molar-refractivity contribution in [1.29, 1.82) is 0 Å². The van der Waals surface area contributed by atoms with E-state index in [1.165, 1.54) is 0 Å². The number of nitrogen functional groups attached to an aromatic ring is 1. The molecule has 0 saturated heterocycles. The van der Waals surface area contributed by atoms with Gasteiger partial charge in [-0.05, 0) is 31.0 Å². The van der Waals surface area contributed by atoms with Crippen molar-refractivity contribution in [2.75, 3.05) is 12.3 Å². The molecule has 3 rings (SSSR count). The van der Waals surface area contributed by atoms with Gasteiger partial charge in [-0.1, -0.05) is 18.2 Å². The number of hydrogen-bond donors (Lipinski definition) is 2. The monoisotopic (exact) mass is 301 g/mol. The summed E-state index contributed by atoms with van der Waals surface area (Å²) in [7, 11) is 0. The van der Waals surface area contributed by atoms with E-state index in [9.17, 15) is 0 Å². The molecule has 3 N–H and O–H groups in total. The molecule has 0 fully saturated rings. The van der Waals surface area contributed by atoms with Gasteiger partial charge in [-0.15, -0.1) is 11.3 Å². The summed E-state index contributed by atoms with van der Waals surface area (Å²) in [5.74, 6) is 1.32. The van der Waals surface area contributed by atoms with Crippen LogP contribution in [-0.4, -0.2) is 21.7 Å². The van der Waals surface area contributed by atoms with Gasteiger partial charge < -0.3 is 15.6 Å². The first-order chi connectivity index (χ1) is 10.2. The van der Waals surface area contributed by atoms with E-state index in [1.54, 1.807) is 11.3 Å². The van der Waals surface area contributed by atoms with Crippen LogP contribution in [0, 0.1) is 6.92 Å². The molecule has 3 aromatic rings. The molecule has 1 aromatic carbocycles. The Kier molecular flexibility index (Phi) is 3.72. The van der Waals surface area contributed by atoms with Gasteiger partial charge in [-0.3, -0.25) is 0 Å². The first kappa shape index (κ1) is 13.8. The predicted molar refractivity (Wildman–Crippen MR) is 83.9 cm³/mol. The number of nitrogens with two attached hydrogens (primary N) is 1. The molecule has 0 bridgehead atoms. The van der Waals surface area contributed by atoms with Crippen molar-refractivity contribution in [3.8, 4) is 11.6 Å². The highest BCUT2D eigenvalue weighted by atomic mass is 32.1. The molecule has 5 nitrogen and oxygen atoms in total. The second kappa shape index (κ2) is 5.67. The average molecular weight is 301 g/mol. The SMILES string of the molecule is Cc1cc2c(Oc3ccccc3CCO)nc(N)nc2s1. The topological polar surface area (TPSA) is 81.3 Å². The van der Waals surface area contributed by atoms with Crippen LogP contribution in [-0.2, 0) is 6.42 Å². The van der Waals surface area contributed by atoms with Gasteiger partial charge in [0.05, 0.1) is 5.39 Å². The van der Waals surface area contributed by atoms with Crippen LogP contribution >= 0.6 is 11.3 Å². The fourth-order valence-corrected chi connectivity index (χ4v) is 3.02. The summed E-state index contributed by atoms with van der Waals surface area (Å²) in [5, 5.41) is 9.98. The molecule has 6 heteroatoms. The lowest BCUT2D eigenvalue weighted by molar-refractivity contribution is 0.297. The third kappa shape index (κ3) is 2.81. The van der Waals surface area contributed by atoms with Gasteiger partial charge in [0.15, 0.2) is 0 Å². The Morgan fingerprint density at radius 1 is 1.29 bits per heavy atom. The first-order valence-corrected chi connectivity index (χ1v) is 7.39. The summed E-state index contributed by atoms with van der Waals surface area (Å²) in [5.41, 5.74) is 6.68. The number of ether oxygens (including phenoxy) is 1. The normalized spacial score (nSPS) is 11.0. The lowest BCUT2D eigenvalue weighted by Crippen LogP contribution is -1.99. The van der Waals surface area contributed by atoms with Crippen LogP contribution in [0.3, 0.4) is 0 Å². The van der Waals surface area contributed by atoms with Crippen LogP contribution in [0.15, 0.2) is 30.3 Å². The molecule has 0 radical (unpaired) electrons. The largest absolute Gasteiger partial charge is 0.438 e. The molecule has 21 heavy (non-hydrogen) atoms. The van der Waals surface area contributed by atoms with Crippen molar-refractivity contribution in [3.63, 3.8) is 0 Å². The molecule has 0 aliphatic carbocycles. The Morgan fingerprint density at radius 2 is 2.10 bits per heavy atom. The number of anilines is 1. The second-order valence-corrected chi connectivity index (χ2v) is 5.88. The number of aliphatic hydroxyl groups excluding tert-OH is 1.